The molecule has 0 atom stereocenters. The van der Waals surface area contributed by atoms with Gasteiger partial charge in [-0.3, -0.25) is 0 Å². The standard InChI is InChI=1S/C37H36O6/c1-5-35(38)42-22-20-40-32-25-29(24-31(26-32)37(3,4)30-12-8-7-9-13-30)27-16-18-28(19-17-27)33-14-10-11-15-34(33)41-21-23-43-36(39)6-2/h5-19,24-26H,1-2,20-23H2,3-4H3. The average molecular weight is 577 g/mol. The third-order valence-corrected chi connectivity index (χ3v) is 7.05. The van der Waals surface area contributed by atoms with Crippen LogP contribution in [0, 0.1) is 0 Å². The van der Waals surface area contributed by atoms with E-state index in [1.165, 1.54) is 5.56 Å². The number of carbonyl (C=O) groups excluding carboxylic acids is 2. The molecule has 0 spiro atoms. The predicted molar refractivity (Wildman–Crippen MR) is 169 cm³/mol. The van der Waals surface area contributed by atoms with Crippen LogP contribution in [0.3, 0.4) is 0 Å². The van der Waals surface area contributed by atoms with Crippen molar-refractivity contribution < 1.29 is 28.5 Å². The molecule has 0 heterocycles. The molecule has 0 saturated heterocycles. The molecule has 0 aromatic heterocycles. The van der Waals surface area contributed by atoms with Gasteiger partial charge in [-0.15, -0.1) is 0 Å². The Morgan fingerprint density at radius 3 is 1.86 bits per heavy atom. The summed E-state index contributed by atoms with van der Waals surface area (Å²) >= 11 is 0. The molecular formula is C37H36O6. The van der Waals surface area contributed by atoms with Gasteiger partial charge in [0.1, 0.15) is 37.9 Å². The van der Waals surface area contributed by atoms with E-state index in [1.54, 1.807) is 0 Å². The van der Waals surface area contributed by atoms with Crippen molar-refractivity contribution in [1.82, 2.24) is 0 Å². The lowest BCUT2D eigenvalue weighted by Gasteiger charge is -2.27. The van der Waals surface area contributed by atoms with Crippen molar-refractivity contribution in [3.63, 3.8) is 0 Å². The Bertz CT molecular complexity index is 1550. The van der Waals surface area contributed by atoms with Crippen LogP contribution in [-0.2, 0) is 24.5 Å². The van der Waals surface area contributed by atoms with E-state index >= 15 is 0 Å². The molecular weight excluding hydrogens is 540 g/mol. The van der Waals surface area contributed by atoms with E-state index < -0.39 is 11.9 Å². The van der Waals surface area contributed by atoms with Gasteiger partial charge in [-0.2, -0.15) is 0 Å². The summed E-state index contributed by atoms with van der Waals surface area (Å²) in [7, 11) is 0. The topological polar surface area (TPSA) is 71.1 Å². The molecule has 4 aromatic carbocycles. The van der Waals surface area contributed by atoms with Crippen LogP contribution in [0.4, 0.5) is 0 Å². The second-order valence-electron chi connectivity index (χ2n) is 10.3. The van der Waals surface area contributed by atoms with E-state index in [2.05, 4.69) is 69.5 Å². The normalized spacial score (nSPS) is 10.8. The zero-order valence-corrected chi connectivity index (χ0v) is 24.6. The van der Waals surface area contributed by atoms with Crippen molar-refractivity contribution in [2.45, 2.75) is 19.3 Å². The molecule has 4 aromatic rings. The lowest BCUT2D eigenvalue weighted by atomic mass is 9.77. The lowest BCUT2D eigenvalue weighted by Crippen LogP contribution is -2.19. The molecule has 0 fully saturated rings. The molecule has 220 valence electrons. The zero-order chi connectivity index (χ0) is 30.7. The average Bonchev–Trinajstić information content (AvgIpc) is 3.05. The first-order valence-electron chi connectivity index (χ1n) is 14.1. The summed E-state index contributed by atoms with van der Waals surface area (Å²) in [4.78, 5) is 22.7. The number of esters is 2. The first kappa shape index (κ1) is 30.8. The highest BCUT2D eigenvalue weighted by Gasteiger charge is 2.24. The first-order chi connectivity index (χ1) is 20.8. The van der Waals surface area contributed by atoms with Gasteiger partial charge >= 0.3 is 11.9 Å². The maximum atomic E-state index is 11.4. The molecule has 6 heteroatoms. The summed E-state index contributed by atoms with van der Waals surface area (Å²) in [6, 6.07) is 32.6. The molecule has 0 aliphatic carbocycles. The minimum absolute atomic E-state index is 0.124. The highest BCUT2D eigenvalue weighted by Crippen LogP contribution is 2.38. The quantitative estimate of drug-likeness (QED) is 0.0876. The van der Waals surface area contributed by atoms with Crippen molar-refractivity contribution in [2.75, 3.05) is 26.4 Å². The van der Waals surface area contributed by atoms with E-state index in [0.717, 1.165) is 40.0 Å². The number of carbonyl (C=O) groups is 2. The zero-order valence-electron chi connectivity index (χ0n) is 24.6. The number of benzene rings is 4. The predicted octanol–water partition coefficient (Wildman–Crippen LogP) is 7.56. The Morgan fingerprint density at radius 2 is 1.21 bits per heavy atom. The number of hydrogen-bond donors (Lipinski definition) is 0. The van der Waals surface area contributed by atoms with Crippen LogP contribution in [0.5, 0.6) is 11.5 Å². The second-order valence-corrected chi connectivity index (χ2v) is 10.3. The Labute approximate surface area is 253 Å². The van der Waals surface area contributed by atoms with Crippen molar-refractivity contribution in [1.29, 1.82) is 0 Å². The molecule has 0 saturated carbocycles. The second kappa shape index (κ2) is 14.7. The van der Waals surface area contributed by atoms with Gasteiger partial charge in [0.2, 0.25) is 0 Å². The summed E-state index contributed by atoms with van der Waals surface area (Å²) in [6.45, 7) is 11.9. The largest absolute Gasteiger partial charge is 0.490 e. The third kappa shape index (κ3) is 8.23. The van der Waals surface area contributed by atoms with E-state index in [9.17, 15) is 9.59 Å². The van der Waals surface area contributed by atoms with Gasteiger partial charge in [0, 0.05) is 23.1 Å². The molecule has 0 bridgehead atoms. The van der Waals surface area contributed by atoms with Gasteiger partial charge in [-0.25, -0.2) is 9.59 Å². The number of hydrogen-bond acceptors (Lipinski definition) is 6. The Hall–Kier alpha value is -5.10. The molecule has 0 amide bonds. The van der Waals surface area contributed by atoms with Gasteiger partial charge in [0.05, 0.1) is 0 Å². The van der Waals surface area contributed by atoms with Crippen molar-refractivity contribution >= 4 is 11.9 Å². The smallest absolute Gasteiger partial charge is 0.330 e. The number of rotatable bonds is 14. The van der Waals surface area contributed by atoms with E-state index in [4.69, 9.17) is 18.9 Å². The fraction of sp³-hybridized carbons (Fsp3) is 0.189. The molecule has 6 nitrogen and oxygen atoms in total. The third-order valence-electron chi connectivity index (χ3n) is 7.05. The van der Waals surface area contributed by atoms with Gasteiger partial charge in [-0.1, -0.05) is 106 Å². The lowest BCUT2D eigenvalue weighted by molar-refractivity contribution is -0.139. The number of para-hydroxylation sites is 1. The molecule has 0 N–H and O–H groups in total. The highest BCUT2D eigenvalue weighted by atomic mass is 16.6. The van der Waals surface area contributed by atoms with E-state index in [0.29, 0.717) is 11.5 Å². The summed E-state index contributed by atoms with van der Waals surface area (Å²) in [5, 5.41) is 0. The summed E-state index contributed by atoms with van der Waals surface area (Å²) in [5.74, 6) is 0.426. The van der Waals surface area contributed by atoms with Crippen molar-refractivity contribution in [2.24, 2.45) is 0 Å². The van der Waals surface area contributed by atoms with E-state index in [1.807, 2.05) is 54.6 Å². The van der Waals surface area contributed by atoms with Gasteiger partial charge in [-0.05, 0) is 46.0 Å². The Balaban J connectivity index is 1.60. The van der Waals surface area contributed by atoms with Gasteiger partial charge < -0.3 is 18.9 Å². The van der Waals surface area contributed by atoms with Crippen LogP contribution in [0.15, 0.2) is 122 Å². The molecule has 0 unspecified atom stereocenters. The molecule has 43 heavy (non-hydrogen) atoms. The van der Waals surface area contributed by atoms with Crippen molar-refractivity contribution in [3.8, 4) is 33.8 Å². The van der Waals surface area contributed by atoms with Crippen LogP contribution < -0.4 is 9.47 Å². The highest BCUT2D eigenvalue weighted by molar-refractivity contribution is 5.81. The van der Waals surface area contributed by atoms with Crippen molar-refractivity contribution in [3.05, 3.63) is 133 Å². The Morgan fingerprint density at radius 1 is 0.628 bits per heavy atom. The van der Waals surface area contributed by atoms with Crippen LogP contribution >= 0.6 is 0 Å². The SMILES string of the molecule is C=CC(=O)OCCOc1cc(-c2ccc(-c3ccccc3OCCOC(=O)C=C)cc2)cc(C(C)(C)c2ccccc2)c1. The fourth-order valence-corrected chi connectivity index (χ4v) is 4.62. The summed E-state index contributed by atoms with van der Waals surface area (Å²) < 4.78 is 22.1. The van der Waals surface area contributed by atoms with Gasteiger partial charge in [0.25, 0.3) is 0 Å². The monoisotopic (exact) mass is 576 g/mol. The maximum Gasteiger partial charge on any atom is 0.330 e. The van der Waals surface area contributed by atoms with Crippen LogP contribution in [0.1, 0.15) is 25.0 Å². The minimum atomic E-state index is -0.480. The van der Waals surface area contributed by atoms with Crippen LogP contribution in [0.2, 0.25) is 0 Å². The van der Waals surface area contributed by atoms with E-state index in [-0.39, 0.29) is 31.8 Å². The molecule has 4 rings (SSSR count). The Kier molecular flexibility index (Phi) is 10.5. The maximum absolute atomic E-state index is 11.4. The minimum Gasteiger partial charge on any atom is -0.490 e. The number of ether oxygens (including phenoxy) is 4. The molecule has 0 aliphatic heterocycles. The summed E-state index contributed by atoms with van der Waals surface area (Å²) in [6.07, 6.45) is 2.26. The van der Waals surface area contributed by atoms with Gasteiger partial charge in [0.15, 0.2) is 0 Å². The molecule has 0 radical (unpaired) electrons. The fourth-order valence-electron chi connectivity index (χ4n) is 4.62. The molecule has 0 aliphatic rings. The van der Waals surface area contributed by atoms with Crippen LogP contribution in [0.25, 0.3) is 22.3 Å². The summed E-state index contributed by atoms with van der Waals surface area (Å²) in [5.41, 5.74) is 5.93. The first-order valence-corrected chi connectivity index (χ1v) is 14.1. The van der Waals surface area contributed by atoms with Crippen LogP contribution in [-0.4, -0.2) is 38.4 Å².